The molecule has 0 amide bonds. The van der Waals surface area contributed by atoms with Crippen molar-refractivity contribution < 1.29 is 9.47 Å². The molecule has 0 fully saturated rings. The fourth-order valence-corrected chi connectivity index (χ4v) is 1.89. The largest absolute Gasteiger partial charge is 0.493 e. The first-order valence-corrected chi connectivity index (χ1v) is 6.43. The first-order valence-electron chi connectivity index (χ1n) is 6.43. The van der Waals surface area contributed by atoms with E-state index in [0.29, 0.717) is 0 Å². The molecule has 1 aromatic rings. The zero-order valence-corrected chi connectivity index (χ0v) is 12.3. The number of hydrogen-bond acceptors (Lipinski definition) is 3. The summed E-state index contributed by atoms with van der Waals surface area (Å²) in [5.41, 5.74) is 1.33. The minimum atomic E-state index is 0.132. The van der Waals surface area contributed by atoms with E-state index in [9.17, 15) is 0 Å². The smallest absolute Gasteiger partial charge is 0.161 e. The normalized spacial score (nSPS) is 13.2. The van der Waals surface area contributed by atoms with E-state index in [2.05, 4.69) is 39.1 Å². The summed E-state index contributed by atoms with van der Waals surface area (Å²) in [5, 5.41) is 3.61. The molecule has 0 aromatic heterocycles. The van der Waals surface area contributed by atoms with Gasteiger partial charge in [-0.1, -0.05) is 13.0 Å². The lowest BCUT2D eigenvalue weighted by molar-refractivity contribution is 0.334. The second-order valence-corrected chi connectivity index (χ2v) is 5.22. The molecule has 0 saturated heterocycles. The van der Waals surface area contributed by atoms with Crippen LogP contribution in [0, 0.1) is 0 Å². The van der Waals surface area contributed by atoms with Crippen LogP contribution in [0.4, 0.5) is 0 Å². The Morgan fingerprint density at radius 1 is 1.17 bits per heavy atom. The van der Waals surface area contributed by atoms with E-state index >= 15 is 0 Å². The van der Waals surface area contributed by atoms with E-state index in [1.54, 1.807) is 14.2 Å². The molecular formula is C15H25NO2. The summed E-state index contributed by atoms with van der Waals surface area (Å²) in [6, 6.07) is 6.33. The maximum atomic E-state index is 5.33. The third-order valence-electron chi connectivity index (χ3n) is 3.40. The van der Waals surface area contributed by atoms with Crippen molar-refractivity contribution in [2.45, 2.75) is 45.7 Å². The first-order chi connectivity index (χ1) is 8.43. The standard InChI is InChI=1S/C15H25NO2/c1-7-15(3,4)16-11(2)12-8-9-13(17-5)14(10-12)18-6/h8-11,16H,7H2,1-6H3. The summed E-state index contributed by atoms with van der Waals surface area (Å²) in [7, 11) is 3.31. The van der Waals surface area contributed by atoms with Crippen molar-refractivity contribution >= 4 is 0 Å². The Kier molecular flexibility index (Phi) is 5.03. The minimum absolute atomic E-state index is 0.132. The molecule has 1 rings (SSSR count). The number of methoxy groups -OCH3 is 2. The van der Waals surface area contributed by atoms with E-state index in [1.165, 1.54) is 5.56 Å². The van der Waals surface area contributed by atoms with Crippen LogP contribution in [-0.4, -0.2) is 19.8 Å². The highest BCUT2D eigenvalue weighted by Gasteiger charge is 2.19. The van der Waals surface area contributed by atoms with E-state index < -0.39 is 0 Å². The van der Waals surface area contributed by atoms with Gasteiger partial charge in [0.1, 0.15) is 0 Å². The number of hydrogen-bond donors (Lipinski definition) is 1. The molecule has 18 heavy (non-hydrogen) atoms. The topological polar surface area (TPSA) is 30.5 Å². The van der Waals surface area contributed by atoms with Gasteiger partial charge in [-0.25, -0.2) is 0 Å². The summed E-state index contributed by atoms with van der Waals surface area (Å²) in [6.07, 6.45) is 1.09. The van der Waals surface area contributed by atoms with Crippen LogP contribution in [0.1, 0.15) is 45.7 Å². The molecule has 0 radical (unpaired) electrons. The van der Waals surface area contributed by atoms with Crippen LogP contribution in [0.25, 0.3) is 0 Å². The maximum Gasteiger partial charge on any atom is 0.161 e. The summed E-state index contributed by atoms with van der Waals surface area (Å²) >= 11 is 0. The van der Waals surface area contributed by atoms with Crippen molar-refractivity contribution in [3.8, 4) is 11.5 Å². The Bertz CT molecular complexity index is 388. The van der Waals surface area contributed by atoms with Gasteiger partial charge in [-0.3, -0.25) is 0 Å². The van der Waals surface area contributed by atoms with Crippen molar-refractivity contribution in [3.05, 3.63) is 23.8 Å². The van der Waals surface area contributed by atoms with Crippen LogP contribution in [0.15, 0.2) is 18.2 Å². The summed E-state index contributed by atoms with van der Waals surface area (Å²) in [5.74, 6) is 1.54. The van der Waals surface area contributed by atoms with Gasteiger partial charge in [-0.2, -0.15) is 0 Å². The zero-order valence-electron chi connectivity index (χ0n) is 12.3. The van der Waals surface area contributed by atoms with Gasteiger partial charge in [0, 0.05) is 11.6 Å². The lowest BCUT2D eigenvalue weighted by Gasteiger charge is -2.29. The SMILES string of the molecule is CCC(C)(C)NC(C)c1ccc(OC)c(OC)c1. The molecule has 1 unspecified atom stereocenters. The lowest BCUT2D eigenvalue weighted by Crippen LogP contribution is -2.40. The van der Waals surface area contributed by atoms with Gasteiger partial charge < -0.3 is 14.8 Å². The molecule has 1 N–H and O–H groups in total. The van der Waals surface area contributed by atoms with E-state index in [0.717, 1.165) is 17.9 Å². The van der Waals surface area contributed by atoms with Gasteiger partial charge in [-0.05, 0) is 44.9 Å². The Morgan fingerprint density at radius 2 is 1.78 bits per heavy atom. The molecule has 0 saturated carbocycles. The average molecular weight is 251 g/mol. The van der Waals surface area contributed by atoms with Gasteiger partial charge in [0.2, 0.25) is 0 Å². The van der Waals surface area contributed by atoms with E-state index in [-0.39, 0.29) is 11.6 Å². The third-order valence-corrected chi connectivity index (χ3v) is 3.40. The van der Waals surface area contributed by atoms with Crippen LogP contribution in [0.2, 0.25) is 0 Å². The molecule has 3 heteroatoms. The van der Waals surface area contributed by atoms with Gasteiger partial charge in [0.15, 0.2) is 11.5 Å². The first kappa shape index (κ1) is 14.8. The molecule has 3 nitrogen and oxygen atoms in total. The Balaban J connectivity index is 2.90. The molecule has 0 bridgehead atoms. The Labute approximate surface area is 110 Å². The fraction of sp³-hybridized carbons (Fsp3) is 0.600. The molecule has 0 aliphatic heterocycles. The summed E-state index contributed by atoms with van der Waals surface area (Å²) < 4.78 is 10.6. The van der Waals surface area contributed by atoms with Crippen molar-refractivity contribution in [2.24, 2.45) is 0 Å². The average Bonchev–Trinajstić information content (AvgIpc) is 2.37. The van der Waals surface area contributed by atoms with Crippen LogP contribution < -0.4 is 14.8 Å². The van der Waals surface area contributed by atoms with E-state index in [1.807, 2.05) is 12.1 Å². The van der Waals surface area contributed by atoms with Crippen LogP contribution in [0.3, 0.4) is 0 Å². The quantitative estimate of drug-likeness (QED) is 0.838. The summed E-state index contributed by atoms with van der Waals surface area (Å²) in [4.78, 5) is 0. The highest BCUT2D eigenvalue weighted by atomic mass is 16.5. The molecular weight excluding hydrogens is 226 g/mol. The van der Waals surface area contributed by atoms with Crippen molar-refractivity contribution in [1.29, 1.82) is 0 Å². The number of nitrogens with one attached hydrogen (secondary N) is 1. The highest BCUT2D eigenvalue weighted by Crippen LogP contribution is 2.30. The second-order valence-electron chi connectivity index (χ2n) is 5.22. The molecule has 1 atom stereocenters. The third kappa shape index (κ3) is 3.64. The van der Waals surface area contributed by atoms with E-state index in [4.69, 9.17) is 9.47 Å². The van der Waals surface area contributed by atoms with Crippen LogP contribution >= 0.6 is 0 Å². The molecule has 0 aliphatic rings. The predicted molar refractivity (Wildman–Crippen MR) is 75.5 cm³/mol. The Hall–Kier alpha value is -1.22. The highest BCUT2D eigenvalue weighted by molar-refractivity contribution is 5.43. The fourth-order valence-electron chi connectivity index (χ4n) is 1.89. The van der Waals surface area contributed by atoms with Gasteiger partial charge in [-0.15, -0.1) is 0 Å². The second kappa shape index (κ2) is 6.10. The molecule has 0 aliphatic carbocycles. The van der Waals surface area contributed by atoms with Crippen LogP contribution in [-0.2, 0) is 0 Å². The molecule has 1 aromatic carbocycles. The number of ether oxygens (including phenoxy) is 2. The minimum Gasteiger partial charge on any atom is -0.493 e. The summed E-state index contributed by atoms with van der Waals surface area (Å²) in [6.45, 7) is 8.78. The van der Waals surface area contributed by atoms with Gasteiger partial charge in [0.05, 0.1) is 14.2 Å². The molecule has 0 spiro atoms. The monoisotopic (exact) mass is 251 g/mol. The zero-order chi connectivity index (χ0) is 13.8. The lowest BCUT2D eigenvalue weighted by atomic mass is 9.98. The molecule has 0 heterocycles. The van der Waals surface area contributed by atoms with Crippen molar-refractivity contribution in [1.82, 2.24) is 5.32 Å². The van der Waals surface area contributed by atoms with Crippen molar-refractivity contribution in [2.75, 3.05) is 14.2 Å². The van der Waals surface area contributed by atoms with Crippen molar-refractivity contribution in [3.63, 3.8) is 0 Å². The number of benzene rings is 1. The predicted octanol–water partition coefficient (Wildman–Crippen LogP) is 3.54. The van der Waals surface area contributed by atoms with Crippen LogP contribution in [0.5, 0.6) is 11.5 Å². The van der Waals surface area contributed by atoms with Gasteiger partial charge in [0.25, 0.3) is 0 Å². The Morgan fingerprint density at radius 3 is 2.28 bits per heavy atom. The molecule has 102 valence electrons. The van der Waals surface area contributed by atoms with Gasteiger partial charge >= 0.3 is 0 Å². The number of rotatable bonds is 6. The maximum absolute atomic E-state index is 5.33.